The molecule has 142 valence electrons. The molecule has 6 nitrogen and oxygen atoms in total. The number of rotatable bonds is 9. The van der Waals surface area contributed by atoms with Crippen LogP contribution in [0.3, 0.4) is 0 Å². The highest BCUT2D eigenvalue weighted by molar-refractivity contribution is 14.0. The Hall–Kier alpha value is -0.570. The number of guanidine groups is 1. The molecule has 0 radical (unpaired) electrons. The molecule has 0 heterocycles. The molecule has 0 aromatic heterocycles. The topological polar surface area (TPSA) is 66.0 Å². The maximum absolute atomic E-state index is 12.5. The van der Waals surface area contributed by atoms with Crippen LogP contribution in [0.5, 0.6) is 0 Å². The number of hydrogen-bond acceptors (Lipinski definition) is 3. The molecule has 1 fully saturated rings. The highest BCUT2D eigenvalue weighted by atomic mass is 127. The fourth-order valence-electron chi connectivity index (χ4n) is 3.22. The number of nitrogens with one attached hydrogen (secondary N) is 2. The van der Waals surface area contributed by atoms with E-state index >= 15 is 0 Å². The molecule has 0 saturated heterocycles. The Bertz CT molecular complexity index is 383. The Labute approximate surface area is 164 Å². The number of nitrogens with zero attached hydrogens (tertiary/aromatic N) is 2. The lowest BCUT2D eigenvalue weighted by atomic mass is 9.84. The zero-order valence-electron chi connectivity index (χ0n) is 15.7. The Morgan fingerprint density at radius 3 is 2.38 bits per heavy atom. The first-order chi connectivity index (χ1) is 11.1. The van der Waals surface area contributed by atoms with Crippen molar-refractivity contribution in [3.63, 3.8) is 0 Å². The van der Waals surface area contributed by atoms with Gasteiger partial charge in [-0.1, -0.05) is 12.8 Å². The maximum Gasteiger partial charge on any atom is 0.230 e. The first kappa shape index (κ1) is 23.4. The molecule has 0 spiro atoms. The van der Waals surface area contributed by atoms with Crippen LogP contribution in [0.25, 0.3) is 0 Å². The molecule has 0 bridgehead atoms. The summed E-state index contributed by atoms with van der Waals surface area (Å²) in [6.07, 6.45) is 7.51. The van der Waals surface area contributed by atoms with Gasteiger partial charge in [0.2, 0.25) is 5.91 Å². The predicted octanol–water partition coefficient (Wildman–Crippen LogP) is 2.23. The summed E-state index contributed by atoms with van der Waals surface area (Å²) in [6, 6.07) is 0. The number of unbranched alkanes of at least 4 members (excludes halogenated alkanes) is 2. The SMILES string of the molecule is CN=C(NCCCCCOC)NCC1(C(=O)N(C)C)CCCC1.I. The summed E-state index contributed by atoms with van der Waals surface area (Å²) in [5.74, 6) is 1.02. The molecular formula is C17H35IN4O2. The number of hydrogen-bond donors (Lipinski definition) is 2. The van der Waals surface area contributed by atoms with Crippen molar-refractivity contribution < 1.29 is 9.53 Å². The van der Waals surface area contributed by atoms with Crippen molar-refractivity contribution in [3.05, 3.63) is 0 Å². The van der Waals surface area contributed by atoms with E-state index in [1.54, 1.807) is 19.1 Å². The van der Waals surface area contributed by atoms with Gasteiger partial charge in [-0.05, 0) is 32.1 Å². The van der Waals surface area contributed by atoms with E-state index in [-0.39, 0.29) is 35.3 Å². The smallest absolute Gasteiger partial charge is 0.230 e. The molecule has 2 N–H and O–H groups in total. The summed E-state index contributed by atoms with van der Waals surface area (Å²) < 4.78 is 5.05. The third-order valence-corrected chi connectivity index (χ3v) is 4.56. The quantitative estimate of drug-likeness (QED) is 0.243. The summed E-state index contributed by atoms with van der Waals surface area (Å²) in [5.41, 5.74) is -0.264. The molecule has 1 aliphatic rings. The highest BCUT2D eigenvalue weighted by Gasteiger charge is 2.42. The van der Waals surface area contributed by atoms with E-state index < -0.39 is 0 Å². The average molecular weight is 454 g/mol. The van der Waals surface area contributed by atoms with E-state index in [4.69, 9.17) is 4.74 Å². The number of aliphatic imine (C=N–C) groups is 1. The molecule has 1 amide bonds. The van der Waals surface area contributed by atoms with Gasteiger partial charge < -0.3 is 20.3 Å². The number of carbonyl (C=O) groups excluding carboxylic acids is 1. The number of carbonyl (C=O) groups is 1. The Morgan fingerprint density at radius 2 is 1.83 bits per heavy atom. The summed E-state index contributed by atoms with van der Waals surface area (Å²) in [7, 11) is 7.19. The van der Waals surface area contributed by atoms with Crippen molar-refractivity contribution in [3.8, 4) is 0 Å². The molecule has 0 aliphatic heterocycles. The Morgan fingerprint density at radius 1 is 1.17 bits per heavy atom. The molecule has 0 atom stereocenters. The van der Waals surface area contributed by atoms with Crippen molar-refractivity contribution >= 4 is 35.8 Å². The standard InChI is InChI=1S/C17H34N4O2.HI/c1-18-16(19-12-8-5-9-13-23-4)20-14-17(10-6-7-11-17)15(22)21(2)3;/h5-14H2,1-4H3,(H2,18,19,20);1H. The van der Waals surface area contributed by atoms with Gasteiger partial charge >= 0.3 is 0 Å². The molecule has 0 aromatic carbocycles. The van der Waals surface area contributed by atoms with Crippen molar-refractivity contribution in [1.29, 1.82) is 0 Å². The van der Waals surface area contributed by atoms with Gasteiger partial charge in [0.15, 0.2) is 5.96 Å². The van der Waals surface area contributed by atoms with E-state index in [1.807, 2.05) is 14.1 Å². The van der Waals surface area contributed by atoms with Crippen molar-refractivity contribution in [2.45, 2.75) is 44.9 Å². The zero-order chi connectivity index (χ0) is 17.1. The van der Waals surface area contributed by atoms with E-state index in [9.17, 15) is 4.79 Å². The second-order valence-electron chi connectivity index (χ2n) is 6.59. The summed E-state index contributed by atoms with van der Waals surface area (Å²) in [4.78, 5) is 18.5. The predicted molar refractivity (Wildman–Crippen MR) is 110 cm³/mol. The van der Waals surface area contributed by atoms with E-state index in [1.165, 1.54) is 0 Å². The minimum Gasteiger partial charge on any atom is -0.385 e. The summed E-state index contributed by atoms with van der Waals surface area (Å²) >= 11 is 0. The van der Waals surface area contributed by atoms with Gasteiger partial charge in [-0.15, -0.1) is 24.0 Å². The van der Waals surface area contributed by atoms with Crippen LogP contribution in [-0.2, 0) is 9.53 Å². The van der Waals surface area contributed by atoms with Crippen LogP contribution in [-0.4, -0.2) is 64.7 Å². The number of methoxy groups -OCH3 is 1. The van der Waals surface area contributed by atoms with E-state index in [0.29, 0.717) is 6.54 Å². The fraction of sp³-hybridized carbons (Fsp3) is 0.882. The zero-order valence-corrected chi connectivity index (χ0v) is 18.0. The van der Waals surface area contributed by atoms with E-state index in [0.717, 1.165) is 64.1 Å². The summed E-state index contributed by atoms with van der Waals surface area (Å²) in [5, 5.41) is 6.69. The number of ether oxygens (including phenoxy) is 1. The molecule has 0 aromatic rings. The molecule has 7 heteroatoms. The third-order valence-electron chi connectivity index (χ3n) is 4.56. The fourth-order valence-corrected chi connectivity index (χ4v) is 3.22. The molecule has 0 unspecified atom stereocenters. The van der Waals surface area contributed by atoms with Crippen LogP contribution >= 0.6 is 24.0 Å². The lowest BCUT2D eigenvalue weighted by Gasteiger charge is -2.31. The minimum absolute atomic E-state index is 0. The van der Waals surface area contributed by atoms with Crippen molar-refractivity contribution in [1.82, 2.24) is 15.5 Å². The first-order valence-corrected chi connectivity index (χ1v) is 8.71. The van der Waals surface area contributed by atoms with Gasteiger partial charge in [-0.25, -0.2) is 0 Å². The van der Waals surface area contributed by atoms with Gasteiger partial charge in [0.1, 0.15) is 0 Å². The maximum atomic E-state index is 12.5. The largest absolute Gasteiger partial charge is 0.385 e. The lowest BCUT2D eigenvalue weighted by Crippen LogP contribution is -2.49. The lowest BCUT2D eigenvalue weighted by molar-refractivity contribution is -0.138. The van der Waals surface area contributed by atoms with Gasteiger partial charge in [-0.2, -0.15) is 0 Å². The first-order valence-electron chi connectivity index (χ1n) is 8.71. The second-order valence-corrected chi connectivity index (χ2v) is 6.59. The normalized spacial score (nSPS) is 16.4. The number of amides is 1. The van der Waals surface area contributed by atoms with Gasteiger partial charge in [0, 0.05) is 47.9 Å². The van der Waals surface area contributed by atoms with Crippen LogP contribution in [0.4, 0.5) is 0 Å². The Kier molecular flexibility index (Phi) is 12.4. The number of halogens is 1. The third kappa shape index (κ3) is 7.55. The molecule has 1 aliphatic carbocycles. The highest BCUT2D eigenvalue weighted by Crippen LogP contribution is 2.38. The second kappa shape index (κ2) is 12.7. The molecule has 1 saturated carbocycles. The van der Waals surface area contributed by atoms with Gasteiger partial charge in [-0.3, -0.25) is 9.79 Å². The van der Waals surface area contributed by atoms with Crippen molar-refractivity contribution in [2.24, 2.45) is 10.4 Å². The average Bonchev–Trinajstić information content (AvgIpc) is 3.02. The minimum atomic E-state index is -0.264. The monoisotopic (exact) mass is 454 g/mol. The van der Waals surface area contributed by atoms with Crippen molar-refractivity contribution in [2.75, 3.05) is 47.9 Å². The van der Waals surface area contributed by atoms with Crippen LogP contribution < -0.4 is 10.6 Å². The molecule has 24 heavy (non-hydrogen) atoms. The van der Waals surface area contributed by atoms with Gasteiger partial charge in [0.05, 0.1) is 5.41 Å². The van der Waals surface area contributed by atoms with Gasteiger partial charge in [0.25, 0.3) is 0 Å². The van der Waals surface area contributed by atoms with Crippen LogP contribution in [0.15, 0.2) is 4.99 Å². The molecule has 1 rings (SSSR count). The van der Waals surface area contributed by atoms with Crippen LogP contribution in [0.1, 0.15) is 44.9 Å². The molecular weight excluding hydrogens is 419 g/mol. The van der Waals surface area contributed by atoms with Crippen LogP contribution in [0, 0.1) is 5.41 Å². The summed E-state index contributed by atoms with van der Waals surface area (Å²) in [6.45, 7) is 2.37. The van der Waals surface area contributed by atoms with E-state index in [2.05, 4.69) is 15.6 Å². The van der Waals surface area contributed by atoms with Crippen LogP contribution in [0.2, 0.25) is 0 Å². The Balaban J connectivity index is 0.00000529.